The molecule has 3 unspecified atom stereocenters. The molecule has 1 aliphatic carbocycles. The summed E-state index contributed by atoms with van der Waals surface area (Å²) in [6.45, 7) is 6.81. The van der Waals surface area contributed by atoms with E-state index in [0.29, 0.717) is 29.0 Å². The Morgan fingerprint density at radius 3 is 3.04 bits per heavy atom. The summed E-state index contributed by atoms with van der Waals surface area (Å²) in [5.74, 6) is 1.57. The van der Waals surface area contributed by atoms with Crippen molar-refractivity contribution in [2.45, 2.75) is 52.2 Å². The van der Waals surface area contributed by atoms with Crippen LogP contribution in [0, 0.1) is 18.3 Å². The lowest BCUT2D eigenvalue weighted by Gasteiger charge is -2.58. The van der Waals surface area contributed by atoms with Crippen LogP contribution in [0.2, 0.25) is 0 Å². The Labute approximate surface area is 146 Å². The van der Waals surface area contributed by atoms with Gasteiger partial charge in [-0.25, -0.2) is 4.98 Å². The van der Waals surface area contributed by atoms with Crippen molar-refractivity contribution < 1.29 is 23.1 Å². The molecule has 0 radical (unpaired) electrons. The topological polar surface area (TPSA) is 74.7 Å². The third kappa shape index (κ3) is 2.78. The molecule has 6 heteroatoms. The molecule has 3 heterocycles. The van der Waals surface area contributed by atoms with Crippen LogP contribution in [0.5, 0.6) is 0 Å². The van der Waals surface area contributed by atoms with Crippen LogP contribution >= 0.6 is 0 Å². The summed E-state index contributed by atoms with van der Waals surface area (Å²) in [4.78, 5) is 16.8. The third-order valence-corrected chi connectivity index (χ3v) is 5.42. The van der Waals surface area contributed by atoms with Crippen LogP contribution in [-0.4, -0.2) is 29.8 Å². The standard InChI is InChI=1S/C19H23NO5/c1-11-13(20-18(24-11)14-7-5-8-22-14)10-15(21)25-17-12-6-4-9-23-16(12)19(17,2)3/h5,7-8,12,16-17H,4,6,9-10H2,1-3H3. The largest absolute Gasteiger partial charge is 0.461 e. The molecule has 25 heavy (non-hydrogen) atoms. The molecule has 3 atom stereocenters. The van der Waals surface area contributed by atoms with Crippen LogP contribution in [-0.2, 0) is 20.7 Å². The van der Waals surface area contributed by atoms with Crippen LogP contribution in [0.15, 0.2) is 27.2 Å². The summed E-state index contributed by atoms with van der Waals surface area (Å²) in [6.07, 6.45) is 3.84. The van der Waals surface area contributed by atoms with E-state index in [0.717, 1.165) is 19.4 Å². The number of oxazole rings is 1. The molecule has 0 spiro atoms. The fourth-order valence-corrected chi connectivity index (χ4v) is 4.13. The smallest absolute Gasteiger partial charge is 0.312 e. The van der Waals surface area contributed by atoms with Crippen molar-refractivity contribution in [3.05, 3.63) is 29.9 Å². The molecule has 6 nitrogen and oxygen atoms in total. The van der Waals surface area contributed by atoms with Gasteiger partial charge in [-0.1, -0.05) is 13.8 Å². The van der Waals surface area contributed by atoms with E-state index >= 15 is 0 Å². The summed E-state index contributed by atoms with van der Waals surface area (Å²) in [5.41, 5.74) is 0.448. The minimum absolute atomic E-state index is 0.0953. The number of esters is 1. The average Bonchev–Trinajstić information content (AvgIpc) is 3.23. The predicted molar refractivity (Wildman–Crippen MR) is 88.8 cm³/mol. The van der Waals surface area contributed by atoms with E-state index in [4.69, 9.17) is 18.3 Å². The van der Waals surface area contributed by atoms with Gasteiger partial charge in [-0.15, -0.1) is 0 Å². The highest BCUT2D eigenvalue weighted by Gasteiger charge is 2.60. The van der Waals surface area contributed by atoms with Gasteiger partial charge in [0.15, 0.2) is 5.76 Å². The summed E-state index contributed by atoms with van der Waals surface area (Å²) >= 11 is 0. The zero-order chi connectivity index (χ0) is 17.6. The van der Waals surface area contributed by atoms with Crippen LogP contribution < -0.4 is 0 Å². The first-order chi connectivity index (χ1) is 12.0. The molecule has 0 bridgehead atoms. The van der Waals surface area contributed by atoms with E-state index in [2.05, 4.69) is 18.8 Å². The van der Waals surface area contributed by atoms with Crippen molar-refractivity contribution in [1.29, 1.82) is 0 Å². The van der Waals surface area contributed by atoms with Gasteiger partial charge in [0.05, 0.1) is 24.5 Å². The van der Waals surface area contributed by atoms with E-state index in [1.807, 2.05) is 0 Å². The van der Waals surface area contributed by atoms with E-state index < -0.39 is 0 Å². The van der Waals surface area contributed by atoms with Gasteiger partial charge in [-0.3, -0.25) is 4.79 Å². The monoisotopic (exact) mass is 345 g/mol. The van der Waals surface area contributed by atoms with E-state index in [-0.39, 0.29) is 30.0 Å². The van der Waals surface area contributed by atoms with Crippen molar-refractivity contribution in [1.82, 2.24) is 4.98 Å². The minimum atomic E-state index is -0.274. The average molecular weight is 345 g/mol. The van der Waals surface area contributed by atoms with Crippen LogP contribution in [0.25, 0.3) is 11.7 Å². The number of hydrogen-bond donors (Lipinski definition) is 0. The highest BCUT2D eigenvalue weighted by molar-refractivity contribution is 5.73. The summed E-state index contributed by atoms with van der Waals surface area (Å²) in [5, 5.41) is 0. The number of furan rings is 1. The molecule has 1 saturated heterocycles. The number of aromatic nitrogens is 1. The number of aryl methyl sites for hydroxylation is 1. The van der Waals surface area contributed by atoms with Gasteiger partial charge in [0.25, 0.3) is 5.89 Å². The van der Waals surface area contributed by atoms with Crippen molar-refractivity contribution in [2.24, 2.45) is 11.3 Å². The first-order valence-corrected chi connectivity index (χ1v) is 8.78. The first kappa shape index (κ1) is 16.4. The van der Waals surface area contributed by atoms with Gasteiger partial charge in [-0.05, 0) is 31.9 Å². The molecule has 4 rings (SSSR count). The molecule has 2 aromatic rings. The normalized spacial score (nSPS) is 27.4. The van der Waals surface area contributed by atoms with Gasteiger partial charge in [0, 0.05) is 17.9 Å². The van der Waals surface area contributed by atoms with Gasteiger partial charge >= 0.3 is 5.97 Å². The second kappa shape index (κ2) is 6.02. The maximum atomic E-state index is 12.5. The fourth-order valence-electron chi connectivity index (χ4n) is 4.13. The molecular weight excluding hydrogens is 322 g/mol. The Bertz CT molecular complexity index is 761. The molecule has 0 amide bonds. The van der Waals surface area contributed by atoms with Crippen LogP contribution in [0.4, 0.5) is 0 Å². The number of fused-ring (bicyclic) bond motifs is 1. The highest BCUT2D eigenvalue weighted by atomic mass is 16.6. The molecule has 1 saturated carbocycles. The maximum absolute atomic E-state index is 12.5. The van der Waals surface area contributed by atoms with Gasteiger partial charge in [-0.2, -0.15) is 0 Å². The van der Waals surface area contributed by atoms with E-state index in [9.17, 15) is 4.79 Å². The fraction of sp³-hybridized carbons (Fsp3) is 0.579. The number of carbonyl (C=O) groups is 1. The summed E-state index contributed by atoms with van der Waals surface area (Å²) in [7, 11) is 0. The molecule has 2 fully saturated rings. The Balaban J connectivity index is 1.43. The lowest BCUT2D eigenvalue weighted by molar-refractivity contribution is -0.254. The first-order valence-electron chi connectivity index (χ1n) is 8.78. The van der Waals surface area contributed by atoms with Crippen LogP contribution in [0.1, 0.15) is 38.1 Å². The maximum Gasteiger partial charge on any atom is 0.312 e. The lowest BCUT2D eigenvalue weighted by Crippen LogP contribution is -2.65. The number of carbonyl (C=O) groups excluding carboxylic acids is 1. The van der Waals surface area contributed by atoms with E-state index in [1.54, 1.807) is 25.3 Å². The number of ether oxygens (including phenoxy) is 2. The molecule has 0 aromatic carbocycles. The zero-order valence-corrected chi connectivity index (χ0v) is 14.8. The molecule has 0 N–H and O–H groups in total. The SMILES string of the molecule is Cc1oc(-c2ccco2)nc1CC(=O)OC1C2CCCOC2C1(C)C. The summed E-state index contributed by atoms with van der Waals surface area (Å²) in [6, 6.07) is 3.54. The van der Waals surface area contributed by atoms with Crippen molar-refractivity contribution >= 4 is 5.97 Å². The van der Waals surface area contributed by atoms with Crippen LogP contribution in [0.3, 0.4) is 0 Å². The quantitative estimate of drug-likeness (QED) is 0.789. The number of nitrogens with zero attached hydrogens (tertiary/aromatic N) is 1. The second-order valence-corrected chi connectivity index (χ2v) is 7.51. The zero-order valence-electron chi connectivity index (χ0n) is 14.8. The van der Waals surface area contributed by atoms with Gasteiger partial charge in [0.1, 0.15) is 11.9 Å². The molecule has 2 aliphatic rings. The minimum Gasteiger partial charge on any atom is -0.461 e. The molecule has 134 valence electrons. The highest BCUT2D eigenvalue weighted by Crippen LogP contribution is 2.53. The number of hydrogen-bond acceptors (Lipinski definition) is 6. The van der Waals surface area contributed by atoms with Gasteiger partial charge in [0.2, 0.25) is 0 Å². The molecular formula is C19H23NO5. The number of rotatable bonds is 4. The predicted octanol–water partition coefficient (Wildman–Crippen LogP) is 3.53. The van der Waals surface area contributed by atoms with Gasteiger partial charge < -0.3 is 18.3 Å². The Morgan fingerprint density at radius 2 is 2.28 bits per heavy atom. The second-order valence-electron chi connectivity index (χ2n) is 7.51. The molecule has 2 aromatic heterocycles. The lowest BCUT2D eigenvalue weighted by atomic mass is 9.57. The van der Waals surface area contributed by atoms with E-state index in [1.165, 1.54) is 0 Å². The van der Waals surface area contributed by atoms with Crippen molar-refractivity contribution in [3.63, 3.8) is 0 Å². The molecule has 1 aliphatic heterocycles. The Kier molecular flexibility index (Phi) is 3.95. The van der Waals surface area contributed by atoms with Crippen molar-refractivity contribution in [2.75, 3.05) is 6.61 Å². The summed E-state index contributed by atoms with van der Waals surface area (Å²) < 4.78 is 22.5. The van der Waals surface area contributed by atoms with Crippen molar-refractivity contribution in [3.8, 4) is 11.7 Å². The Morgan fingerprint density at radius 1 is 1.44 bits per heavy atom. The Hall–Kier alpha value is -2.08. The third-order valence-electron chi connectivity index (χ3n) is 5.42.